The average molecular weight is 440 g/mol. The summed E-state index contributed by atoms with van der Waals surface area (Å²) in [6, 6.07) is 6.62. The number of nitrogens with one attached hydrogen (secondary N) is 2. The van der Waals surface area contributed by atoms with Gasteiger partial charge in [0, 0.05) is 11.6 Å². The first-order valence-corrected chi connectivity index (χ1v) is 10.5. The minimum atomic E-state index is -0.476. The highest BCUT2D eigenvalue weighted by molar-refractivity contribution is 7.99. The molecule has 1 aromatic heterocycles. The largest absolute Gasteiger partial charge is 0.484 e. The number of ether oxygens (including phenoxy) is 2. The first-order valence-electron chi connectivity index (χ1n) is 9.11. The smallest absolute Gasteiger partial charge is 0.276 e. The van der Waals surface area contributed by atoms with Crippen LogP contribution in [0.15, 0.2) is 29.4 Å². The molecule has 156 valence electrons. The van der Waals surface area contributed by atoms with Gasteiger partial charge in [-0.25, -0.2) is 0 Å². The molecule has 0 saturated carbocycles. The molecule has 11 heteroatoms. The summed E-state index contributed by atoms with van der Waals surface area (Å²) in [5.74, 6) is 0.528. The maximum Gasteiger partial charge on any atom is 0.276 e. The topological polar surface area (TPSA) is 107 Å². The van der Waals surface area contributed by atoms with Gasteiger partial charge in [0.05, 0.1) is 18.4 Å². The molecule has 2 N–H and O–H groups in total. The van der Waals surface area contributed by atoms with Gasteiger partial charge in [-0.3, -0.25) is 20.4 Å². The molecule has 1 aliphatic heterocycles. The van der Waals surface area contributed by atoms with Crippen molar-refractivity contribution in [2.45, 2.75) is 37.6 Å². The number of hydrogen-bond acceptors (Lipinski definition) is 7. The van der Waals surface area contributed by atoms with Crippen molar-refractivity contribution in [3.63, 3.8) is 0 Å². The Labute approximate surface area is 177 Å². The van der Waals surface area contributed by atoms with Gasteiger partial charge in [-0.2, -0.15) is 0 Å². The number of benzene rings is 1. The van der Waals surface area contributed by atoms with Crippen molar-refractivity contribution >= 4 is 35.2 Å². The van der Waals surface area contributed by atoms with Gasteiger partial charge in [-0.05, 0) is 44.0 Å². The molecule has 1 aromatic carbocycles. The summed E-state index contributed by atoms with van der Waals surface area (Å²) >= 11 is 7.04. The van der Waals surface area contributed by atoms with E-state index in [1.54, 1.807) is 24.3 Å². The lowest BCUT2D eigenvalue weighted by Gasteiger charge is -2.13. The van der Waals surface area contributed by atoms with E-state index in [1.165, 1.54) is 11.8 Å². The Bertz CT molecular complexity index is 839. The molecular formula is C18H22ClN5O4S. The van der Waals surface area contributed by atoms with Crippen molar-refractivity contribution < 1.29 is 19.1 Å². The maximum absolute atomic E-state index is 12.0. The number of rotatable bonds is 8. The first-order chi connectivity index (χ1) is 14.0. The lowest BCUT2D eigenvalue weighted by Crippen LogP contribution is -2.44. The minimum Gasteiger partial charge on any atom is -0.484 e. The second kappa shape index (κ2) is 10.5. The van der Waals surface area contributed by atoms with Crippen molar-refractivity contribution in [3.05, 3.63) is 35.1 Å². The molecule has 0 aliphatic carbocycles. The van der Waals surface area contributed by atoms with Gasteiger partial charge >= 0.3 is 0 Å². The standard InChI is InChI=1S/C18H22ClN5O4S/c1-12-20-23-18(24(12)9-15-3-2-8-27-15)29-11-17(26)22-21-16(25)10-28-14-6-4-13(19)5-7-14/h4-7,15H,2-3,8-11H2,1H3,(H,21,25)(H,22,26)/t15-/m1/s1. The first kappa shape index (κ1) is 21.4. The molecule has 9 nitrogen and oxygen atoms in total. The van der Waals surface area contributed by atoms with Crippen molar-refractivity contribution in [2.24, 2.45) is 0 Å². The molecular weight excluding hydrogens is 418 g/mol. The number of halogens is 1. The predicted molar refractivity (Wildman–Crippen MR) is 108 cm³/mol. The van der Waals surface area contributed by atoms with Crippen molar-refractivity contribution in [3.8, 4) is 5.75 Å². The molecule has 0 radical (unpaired) electrons. The van der Waals surface area contributed by atoms with Crippen LogP contribution in [0.2, 0.25) is 5.02 Å². The lowest BCUT2D eigenvalue weighted by molar-refractivity contribution is -0.128. The fourth-order valence-corrected chi connectivity index (χ4v) is 3.61. The molecule has 0 unspecified atom stereocenters. The average Bonchev–Trinajstić information content (AvgIpc) is 3.35. The number of aromatic nitrogens is 3. The highest BCUT2D eigenvalue weighted by Crippen LogP contribution is 2.21. The summed E-state index contributed by atoms with van der Waals surface area (Å²) in [7, 11) is 0. The Morgan fingerprint density at radius 2 is 2.03 bits per heavy atom. The summed E-state index contributed by atoms with van der Waals surface area (Å²) in [6.07, 6.45) is 2.21. The molecule has 1 atom stereocenters. The van der Waals surface area contributed by atoms with Gasteiger partial charge in [0.2, 0.25) is 5.91 Å². The normalized spacial score (nSPS) is 15.9. The van der Waals surface area contributed by atoms with E-state index in [1.807, 2.05) is 11.5 Å². The fraction of sp³-hybridized carbons (Fsp3) is 0.444. The lowest BCUT2D eigenvalue weighted by atomic mass is 10.2. The van der Waals surface area contributed by atoms with Crippen LogP contribution in [-0.4, -0.2) is 51.6 Å². The summed E-state index contributed by atoms with van der Waals surface area (Å²) in [4.78, 5) is 23.8. The summed E-state index contributed by atoms with van der Waals surface area (Å²) in [5, 5.41) is 9.42. The number of thioether (sulfide) groups is 1. The highest BCUT2D eigenvalue weighted by Gasteiger charge is 2.20. The van der Waals surface area contributed by atoms with Crippen LogP contribution < -0.4 is 15.6 Å². The van der Waals surface area contributed by atoms with E-state index in [4.69, 9.17) is 21.1 Å². The molecule has 0 spiro atoms. The number of carbonyl (C=O) groups excluding carboxylic acids is 2. The predicted octanol–water partition coefficient (Wildman–Crippen LogP) is 1.74. The molecule has 3 rings (SSSR count). The highest BCUT2D eigenvalue weighted by atomic mass is 35.5. The number of carbonyl (C=O) groups is 2. The van der Waals surface area contributed by atoms with Gasteiger partial charge in [0.1, 0.15) is 11.6 Å². The SMILES string of the molecule is Cc1nnc(SCC(=O)NNC(=O)COc2ccc(Cl)cc2)n1C[C@H]1CCCO1. The number of aryl methyl sites for hydroxylation is 1. The molecule has 2 aromatic rings. The summed E-state index contributed by atoms with van der Waals surface area (Å²) in [5.41, 5.74) is 4.67. The molecule has 2 amide bonds. The van der Waals surface area contributed by atoms with Crippen LogP contribution in [-0.2, 0) is 20.9 Å². The van der Waals surface area contributed by atoms with Gasteiger partial charge in [0.25, 0.3) is 5.91 Å². The number of nitrogens with zero attached hydrogens (tertiary/aromatic N) is 3. The maximum atomic E-state index is 12.0. The van der Waals surface area contributed by atoms with E-state index in [2.05, 4.69) is 21.0 Å². The second-order valence-electron chi connectivity index (χ2n) is 6.40. The fourth-order valence-electron chi connectivity index (χ4n) is 2.69. The van der Waals surface area contributed by atoms with Crippen LogP contribution in [0, 0.1) is 6.92 Å². The third-order valence-electron chi connectivity index (χ3n) is 4.17. The molecule has 1 saturated heterocycles. The molecule has 29 heavy (non-hydrogen) atoms. The Balaban J connectivity index is 1.38. The van der Waals surface area contributed by atoms with Gasteiger partial charge < -0.3 is 14.0 Å². The zero-order chi connectivity index (χ0) is 20.6. The molecule has 0 bridgehead atoms. The van der Waals surface area contributed by atoms with Crippen LogP contribution in [0.4, 0.5) is 0 Å². The van der Waals surface area contributed by atoms with Gasteiger partial charge in [-0.1, -0.05) is 23.4 Å². The van der Waals surface area contributed by atoms with Crippen LogP contribution in [0.5, 0.6) is 5.75 Å². The van der Waals surface area contributed by atoms with E-state index >= 15 is 0 Å². The third-order valence-corrected chi connectivity index (χ3v) is 5.39. The van der Waals surface area contributed by atoms with Gasteiger partial charge in [-0.15, -0.1) is 10.2 Å². The summed E-state index contributed by atoms with van der Waals surface area (Å²) in [6.45, 7) is 3.08. The van der Waals surface area contributed by atoms with E-state index in [0.717, 1.165) is 25.3 Å². The van der Waals surface area contributed by atoms with E-state index in [9.17, 15) is 9.59 Å². The molecule has 1 aliphatic rings. The minimum absolute atomic E-state index is 0.0853. The Morgan fingerprint density at radius 1 is 1.28 bits per heavy atom. The summed E-state index contributed by atoms with van der Waals surface area (Å²) < 4.78 is 12.9. The van der Waals surface area contributed by atoms with Crippen molar-refractivity contribution in [2.75, 3.05) is 19.0 Å². The van der Waals surface area contributed by atoms with Crippen LogP contribution >= 0.6 is 23.4 Å². The number of hydrogen-bond donors (Lipinski definition) is 2. The zero-order valence-electron chi connectivity index (χ0n) is 15.9. The van der Waals surface area contributed by atoms with Crippen molar-refractivity contribution in [1.82, 2.24) is 25.6 Å². The molecule has 2 heterocycles. The van der Waals surface area contributed by atoms with Gasteiger partial charge in [0.15, 0.2) is 11.8 Å². The monoisotopic (exact) mass is 439 g/mol. The van der Waals surface area contributed by atoms with E-state index < -0.39 is 5.91 Å². The van der Waals surface area contributed by atoms with Crippen LogP contribution in [0.1, 0.15) is 18.7 Å². The van der Waals surface area contributed by atoms with Crippen molar-refractivity contribution in [1.29, 1.82) is 0 Å². The van der Waals surface area contributed by atoms with Crippen LogP contribution in [0.3, 0.4) is 0 Å². The number of hydrazine groups is 1. The Morgan fingerprint density at radius 3 is 2.76 bits per heavy atom. The Kier molecular flexibility index (Phi) is 7.73. The second-order valence-corrected chi connectivity index (χ2v) is 7.78. The van der Waals surface area contributed by atoms with E-state index in [0.29, 0.717) is 22.5 Å². The third kappa shape index (κ3) is 6.62. The van der Waals surface area contributed by atoms with Crippen LogP contribution in [0.25, 0.3) is 0 Å². The zero-order valence-corrected chi connectivity index (χ0v) is 17.5. The number of amides is 2. The van der Waals surface area contributed by atoms with E-state index in [-0.39, 0.29) is 24.4 Å². The molecule has 1 fully saturated rings. The Hall–Kier alpha value is -2.30. The quantitative estimate of drug-likeness (QED) is 0.476.